The lowest BCUT2D eigenvalue weighted by atomic mass is 9.94. The summed E-state index contributed by atoms with van der Waals surface area (Å²) in [6, 6.07) is 9.95. The molecule has 1 N–H and O–H groups in total. The van der Waals surface area contributed by atoms with E-state index in [0.29, 0.717) is 55.4 Å². The van der Waals surface area contributed by atoms with Crippen LogP contribution in [0.1, 0.15) is 50.4 Å². The molecule has 8 nitrogen and oxygen atoms in total. The van der Waals surface area contributed by atoms with E-state index in [1.54, 1.807) is 35.2 Å². The average molecular weight is 535 g/mol. The van der Waals surface area contributed by atoms with Crippen molar-refractivity contribution in [3.63, 3.8) is 0 Å². The molecule has 0 saturated carbocycles. The Kier molecular flexibility index (Phi) is 8.97. The molecular weight excluding hydrogens is 496 g/mol. The van der Waals surface area contributed by atoms with Crippen LogP contribution >= 0.6 is 0 Å². The summed E-state index contributed by atoms with van der Waals surface area (Å²) in [6.45, 7) is 15.0. The summed E-state index contributed by atoms with van der Waals surface area (Å²) in [7, 11) is 0. The number of fused-ring (bicyclic) bond motifs is 1. The van der Waals surface area contributed by atoms with Gasteiger partial charge in [0.2, 0.25) is 0 Å². The molecule has 1 amide bonds. The maximum atomic E-state index is 13.5. The summed E-state index contributed by atoms with van der Waals surface area (Å²) in [5, 5.41) is 11.5. The molecule has 2 aromatic carbocycles. The zero-order chi connectivity index (χ0) is 28.1. The minimum atomic E-state index is -0.781. The third kappa shape index (κ3) is 5.81. The Bertz CT molecular complexity index is 1270. The lowest BCUT2D eigenvalue weighted by molar-refractivity contribution is -0.140. The van der Waals surface area contributed by atoms with Crippen molar-refractivity contribution < 1.29 is 28.9 Å². The summed E-state index contributed by atoms with van der Waals surface area (Å²) >= 11 is 0. The van der Waals surface area contributed by atoms with Gasteiger partial charge in [0.1, 0.15) is 24.2 Å². The van der Waals surface area contributed by atoms with Gasteiger partial charge in [-0.2, -0.15) is 0 Å². The van der Waals surface area contributed by atoms with Crippen LogP contribution < -0.4 is 14.2 Å². The molecule has 0 radical (unpaired) electrons. The molecule has 2 heterocycles. The monoisotopic (exact) mass is 534 g/mol. The molecule has 1 fully saturated rings. The van der Waals surface area contributed by atoms with Crippen LogP contribution in [0.4, 0.5) is 0 Å². The lowest BCUT2D eigenvalue weighted by Crippen LogP contribution is -2.38. The quantitative estimate of drug-likeness (QED) is 0.182. The molecular formula is C31H38N2O6. The lowest BCUT2D eigenvalue weighted by Gasteiger charge is -2.28. The number of hydrogen-bond acceptors (Lipinski definition) is 7. The summed E-state index contributed by atoms with van der Waals surface area (Å²) in [5.74, 6) is 0.273. The highest BCUT2D eigenvalue weighted by Gasteiger charge is 2.46. The summed E-state index contributed by atoms with van der Waals surface area (Å²) in [6.07, 6.45) is 2.40. The van der Waals surface area contributed by atoms with Gasteiger partial charge in [0.25, 0.3) is 11.7 Å². The first-order valence-electron chi connectivity index (χ1n) is 13.6. The van der Waals surface area contributed by atoms with E-state index in [9.17, 15) is 14.7 Å². The van der Waals surface area contributed by atoms with Gasteiger partial charge in [-0.3, -0.25) is 9.59 Å². The Labute approximate surface area is 230 Å². The van der Waals surface area contributed by atoms with Crippen molar-refractivity contribution in [3.05, 3.63) is 71.3 Å². The molecule has 0 aromatic heterocycles. The number of likely N-dealkylation sites (N-methyl/N-ethyl adjacent to an activating group) is 1. The highest BCUT2D eigenvalue weighted by atomic mass is 16.5. The topological polar surface area (TPSA) is 88.5 Å². The second-order valence-corrected chi connectivity index (χ2v) is 9.71. The van der Waals surface area contributed by atoms with Crippen molar-refractivity contribution in [2.24, 2.45) is 0 Å². The molecule has 0 aliphatic carbocycles. The van der Waals surface area contributed by atoms with E-state index in [-0.39, 0.29) is 17.4 Å². The Morgan fingerprint density at radius 2 is 1.90 bits per heavy atom. The molecule has 0 bridgehead atoms. The average Bonchev–Trinajstić information content (AvgIpc) is 3.43. The van der Waals surface area contributed by atoms with Gasteiger partial charge in [-0.25, -0.2) is 0 Å². The third-order valence-electron chi connectivity index (χ3n) is 7.20. The van der Waals surface area contributed by atoms with E-state index in [1.807, 2.05) is 26.0 Å². The van der Waals surface area contributed by atoms with Crippen LogP contribution in [0.2, 0.25) is 0 Å². The van der Waals surface area contributed by atoms with E-state index < -0.39 is 17.7 Å². The van der Waals surface area contributed by atoms with Crippen molar-refractivity contribution in [2.45, 2.75) is 46.3 Å². The van der Waals surface area contributed by atoms with E-state index in [0.717, 1.165) is 24.4 Å². The van der Waals surface area contributed by atoms with Gasteiger partial charge >= 0.3 is 0 Å². The maximum Gasteiger partial charge on any atom is 0.295 e. The number of amides is 1. The molecule has 0 spiro atoms. The number of benzene rings is 2. The van der Waals surface area contributed by atoms with Crippen molar-refractivity contribution in [2.75, 3.05) is 39.4 Å². The number of rotatable bonds is 12. The zero-order valence-electron chi connectivity index (χ0n) is 23.2. The molecule has 2 atom stereocenters. The van der Waals surface area contributed by atoms with Crippen LogP contribution in [0.5, 0.6) is 17.2 Å². The van der Waals surface area contributed by atoms with Crippen LogP contribution in [-0.2, 0) is 16.0 Å². The van der Waals surface area contributed by atoms with Gasteiger partial charge in [0.05, 0.1) is 18.2 Å². The van der Waals surface area contributed by atoms with Crippen LogP contribution in [0, 0.1) is 0 Å². The Balaban J connectivity index is 1.82. The van der Waals surface area contributed by atoms with Gasteiger partial charge in [-0.15, -0.1) is 0 Å². The number of ether oxygens (including phenoxy) is 3. The largest absolute Gasteiger partial charge is 0.507 e. The highest BCUT2D eigenvalue weighted by Crippen LogP contribution is 2.42. The smallest absolute Gasteiger partial charge is 0.295 e. The van der Waals surface area contributed by atoms with Gasteiger partial charge in [0.15, 0.2) is 11.5 Å². The molecule has 1 saturated heterocycles. The van der Waals surface area contributed by atoms with Crippen LogP contribution in [0.25, 0.3) is 5.76 Å². The predicted molar refractivity (Wildman–Crippen MR) is 150 cm³/mol. The summed E-state index contributed by atoms with van der Waals surface area (Å²) in [4.78, 5) is 30.6. The van der Waals surface area contributed by atoms with Crippen molar-refractivity contribution >= 4 is 17.4 Å². The number of nitrogens with zero attached hydrogens (tertiary/aromatic N) is 2. The van der Waals surface area contributed by atoms with Crippen LogP contribution in [0.15, 0.2) is 54.6 Å². The molecule has 208 valence electrons. The first kappa shape index (κ1) is 28.2. The molecule has 2 aliphatic rings. The fraction of sp³-hybridized carbons (Fsp3) is 0.419. The molecule has 39 heavy (non-hydrogen) atoms. The van der Waals surface area contributed by atoms with E-state index in [2.05, 4.69) is 25.3 Å². The number of aliphatic hydroxyl groups is 1. The van der Waals surface area contributed by atoms with Crippen molar-refractivity contribution in [3.8, 4) is 17.2 Å². The third-order valence-corrected chi connectivity index (χ3v) is 7.20. The second kappa shape index (κ2) is 12.4. The zero-order valence-corrected chi connectivity index (χ0v) is 23.2. The molecule has 2 unspecified atom stereocenters. The number of carbonyl (C=O) groups is 2. The SMILES string of the molecule is C=CCOc1ccc(C2/C(=C(/O)c3ccc4c(c3)CC(C)O4)C(=O)C(=O)N2CCN(CC)CC)cc1OCC. The van der Waals surface area contributed by atoms with Gasteiger partial charge in [0, 0.05) is 25.1 Å². The van der Waals surface area contributed by atoms with E-state index >= 15 is 0 Å². The summed E-state index contributed by atoms with van der Waals surface area (Å²) < 4.78 is 17.4. The fourth-order valence-corrected chi connectivity index (χ4v) is 5.20. The Morgan fingerprint density at radius 3 is 2.59 bits per heavy atom. The molecule has 4 rings (SSSR count). The van der Waals surface area contributed by atoms with Crippen molar-refractivity contribution in [1.29, 1.82) is 0 Å². The van der Waals surface area contributed by atoms with Crippen LogP contribution in [0.3, 0.4) is 0 Å². The minimum Gasteiger partial charge on any atom is -0.507 e. The van der Waals surface area contributed by atoms with Gasteiger partial charge < -0.3 is 29.1 Å². The minimum absolute atomic E-state index is 0.0434. The highest BCUT2D eigenvalue weighted by molar-refractivity contribution is 6.46. The van der Waals surface area contributed by atoms with Crippen LogP contribution in [-0.4, -0.2) is 72.1 Å². The van der Waals surface area contributed by atoms with Crippen molar-refractivity contribution in [1.82, 2.24) is 9.80 Å². The van der Waals surface area contributed by atoms with E-state index in [1.165, 1.54) is 0 Å². The maximum absolute atomic E-state index is 13.5. The molecule has 2 aliphatic heterocycles. The first-order valence-corrected chi connectivity index (χ1v) is 13.6. The number of likely N-dealkylation sites (tertiary alicyclic amines) is 1. The number of carbonyl (C=O) groups excluding carboxylic acids is 2. The normalized spacial score (nSPS) is 19.8. The predicted octanol–water partition coefficient (Wildman–Crippen LogP) is 4.74. The second-order valence-electron chi connectivity index (χ2n) is 9.71. The van der Waals surface area contributed by atoms with Gasteiger partial charge in [-0.1, -0.05) is 32.6 Å². The number of Topliss-reactive ketones (excluding diaryl/α,β-unsaturated/α-hetero) is 1. The Morgan fingerprint density at radius 1 is 1.13 bits per heavy atom. The standard InChI is InChI=1S/C31H38N2O6/c1-6-16-38-25-13-10-21(19-26(25)37-9-4)28-27(30(35)31(36)33(28)15-14-32(7-2)8-3)29(34)22-11-12-24-23(18-22)17-20(5)39-24/h6,10-13,18-20,28,34H,1,7-9,14-17H2,2-5H3/b29-27-. The number of hydrogen-bond donors (Lipinski definition) is 1. The summed E-state index contributed by atoms with van der Waals surface area (Å²) in [5.41, 5.74) is 2.16. The first-order chi connectivity index (χ1) is 18.8. The number of ketones is 1. The molecule has 2 aromatic rings. The Hall–Kier alpha value is -3.78. The number of aliphatic hydroxyl groups excluding tert-OH is 1. The van der Waals surface area contributed by atoms with Gasteiger partial charge in [-0.05, 0) is 68.4 Å². The molecule has 8 heteroatoms. The fourth-order valence-electron chi connectivity index (χ4n) is 5.20. The van der Waals surface area contributed by atoms with E-state index in [4.69, 9.17) is 14.2 Å².